The van der Waals surface area contributed by atoms with E-state index in [9.17, 15) is 4.79 Å². The Hall–Kier alpha value is -1.57. The third kappa shape index (κ3) is 1.55. The van der Waals surface area contributed by atoms with Crippen molar-refractivity contribution in [3.05, 3.63) is 48.6 Å². The summed E-state index contributed by atoms with van der Waals surface area (Å²) in [5, 5.41) is 2.98. The smallest absolute Gasteiger partial charge is 0.244 e. The maximum Gasteiger partial charge on any atom is 0.244 e. The lowest BCUT2D eigenvalue weighted by atomic mass is 10.1. The van der Waals surface area contributed by atoms with Gasteiger partial charge in [-0.1, -0.05) is 36.9 Å². The molecule has 1 N–H and O–H groups in total. The molecule has 1 aliphatic carbocycles. The van der Waals surface area contributed by atoms with Gasteiger partial charge in [0.1, 0.15) is 0 Å². The van der Waals surface area contributed by atoms with E-state index in [0.717, 1.165) is 12.8 Å². The van der Waals surface area contributed by atoms with Crippen LogP contribution in [0.5, 0.6) is 0 Å². The van der Waals surface area contributed by atoms with Crippen LogP contribution < -0.4 is 5.32 Å². The molecule has 0 unspecified atom stereocenters. The van der Waals surface area contributed by atoms with Gasteiger partial charge in [-0.25, -0.2) is 0 Å². The summed E-state index contributed by atoms with van der Waals surface area (Å²) in [4.78, 5) is 11.2. The van der Waals surface area contributed by atoms with Gasteiger partial charge in [-0.15, -0.1) is 0 Å². The molecule has 0 aliphatic heterocycles. The highest BCUT2D eigenvalue weighted by molar-refractivity contribution is 5.88. The molecule has 1 amide bonds. The summed E-state index contributed by atoms with van der Waals surface area (Å²) in [7, 11) is 0. The lowest BCUT2D eigenvalue weighted by Gasteiger charge is -2.16. The minimum atomic E-state index is -0.105. The zero-order valence-corrected chi connectivity index (χ0v) is 7.99. The lowest BCUT2D eigenvalue weighted by molar-refractivity contribution is -0.117. The highest BCUT2D eigenvalue weighted by Gasteiger charge is 2.44. The molecule has 72 valence electrons. The second kappa shape index (κ2) is 3.29. The van der Waals surface area contributed by atoms with Gasteiger partial charge in [-0.2, -0.15) is 0 Å². The highest BCUT2D eigenvalue weighted by atomic mass is 16.1. The Morgan fingerprint density at radius 3 is 2.50 bits per heavy atom. The highest BCUT2D eigenvalue weighted by Crippen LogP contribution is 2.45. The number of hydrogen-bond acceptors (Lipinski definition) is 1. The first-order chi connectivity index (χ1) is 6.77. The van der Waals surface area contributed by atoms with E-state index in [2.05, 4.69) is 24.0 Å². The number of hydrogen-bond donors (Lipinski definition) is 1. The molecule has 0 aromatic heterocycles. The zero-order chi connectivity index (χ0) is 10.0. The molecule has 1 aliphatic rings. The summed E-state index contributed by atoms with van der Waals surface area (Å²) in [5.74, 6) is -0.0913. The Labute approximate surface area is 83.6 Å². The number of carbonyl (C=O) groups excluding carboxylic acids is 1. The fraction of sp³-hybridized carbons (Fsp3) is 0.250. The van der Waals surface area contributed by atoms with Crippen molar-refractivity contribution >= 4 is 5.91 Å². The molecule has 0 heterocycles. The van der Waals surface area contributed by atoms with Crippen LogP contribution in [0, 0.1) is 0 Å². The van der Waals surface area contributed by atoms with Crippen molar-refractivity contribution < 1.29 is 4.79 Å². The van der Waals surface area contributed by atoms with Gasteiger partial charge in [0.05, 0.1) is 5.54 Å². The standard InChI is InChI=1S/C12H13NO/c1-2-11(14)13-12(8-9-12)10-6-4-3-5-7-10/h2-7H,1,8-9H2,(H,13,14). The summed E-state index contributed by atoms with van der Waals surface area (Å²) in [6, 6.07) is 10.1. The van der Waals surface area contributed by atoms with Crippen LogP contribution >= 0.6 is 0 Å². The van der Waals surface area contributed by atoms with E-state index >= 15 is 0 Å². The first-order valence-corrected chi connectivity index (χ1v) is 4.77. The maximum atomic E-state index is 11.2. The quantitative estimate of drug-likeness (QED) is 0.720. The predicted molar refractivity (Wildman–Crippen MR) is 55.7 cm³/mol. The molecule has 14 heavy (non-hydrogen) atoms. The third-order valence-electron chi connectivity index (χ3n) is 2.62. The van der Waals surface area contributed by atoms with E-state index in [4.69, 9.17) is 0 Å². The van der Waals surface area contributed by atoms with E-state index in [0.29, 0.717) is 0 Å². The van der Waals surface area contributed by atoms with E-state index in [1.165, 1.54) is 11.6 Å². The second-order valence-electron chi connectivity index (χ2n) is 3.64. The first kappa shape index (κ1) is 9.00. The van der Waals surface area contributed by atoms with Gasteiger partial charge in [-0.05, 0) is 24.5 Å². The summed E-state index contributed by atoms with van der Waals surface area (Å²) in [5.41, 5.74) is 1.09. The van der Waals surface area contributed by atoms with Gasteiger partial charge in [-0.3, -0.25) is 4.79 Å². The van der Waals surface area contributed by atoms with Crippen molar-refractivity contribution in [1.29, 1.82) is 0 Å². The Balaban J connectivity index is 2.18. The summed E-state index contributed by atoms with van der Waals surface area (Å²) in [6.07, 6.45) is 3.37. The number of nitrogens with one attached hydrogen (secondary N) is 1. The Morgan fingerprint density at radius 1 is 1.36 bits per heavy atom. The van der Waals surface area contributed by atoms with Crippen LogP contribution in [0.25, 0.3) is 0 Å². The predicted octanol–water partition coefficient (Wildman–Crippen LogP) is 1.98. The third-order valence-corrected chi connectivity index (χ3v) is 2.62. The lowest BCUT2D eigenvalue weighted by Crippen LogP contribution is -2.33. The van der Waals surface area contributed by atoms with Crippen molar-refractivity contribution in [2.45, 2.75) is 18.4 Å². The molecule has 1 fully saturated rings. The fourth-order valence-corrected chi connectivity index (χ4v) is 1.65. The minimum Gasteiger partial charge on any atom is -0.343 e. The van der Waals surface area contributed by atoms with Gasteiger partial charge in [0, 0.05) is 0 Å². The van der Waals surface area contributed by atoms with Crippen LogP contribution in [0.1, 0.15) is 18.4 Å². The largest absolute Gasteiger partial charge is 0.343 e. The first-order valence-electron chi connectivity index (χ1n) is 4.77. The van der Waals surface area contributed by atoms with E-state index in [-0.39, 0.29) is 11.4 Å². The molecule has 0 spiro atoms. The van der Waals surface area contributed by atoms with Crippen molar-refractivity contribution in [2.75, 3.05) is 0 Å². The van der Waals surface area contributed by atoms with E-state index in [1.54, 1.807) is 0 Å². The molecule has 0 bridgehead atoms. The summed E-state index contributed by atoms with van der Waals surface area (Å²) < 4.78 is 0. The van der Waals surface area contributed by atoms with Crippen LogP contribution in [-0.4, -0.2) is 5.91 Å². The van der Waals surface area contributed by atoms with Crippen LogP contribution in [0.3, 0.4) is 0 Å². The molecule has 0 saturated heterocycles. The number of amides is 1. The van der Waals surface area contributed by atoms with Crippen LogP contribution in [0.4, 0.5) is 0 Å². The van der Waals surface area contributed by atoms with Crippen LogP contribution in [0.15, 0.2) is 43.0 Å². The van der Waals surface area contributed by atoms with Gasteiger partial charge >= 0.3 is 0 Å². The fourth-order valence-electron chi connectivity index (χ4n) is 1.65. The van der Waals surface area contributed by atoms with Crippen molar-refractivity contribution in [2.24, 2.45) is 0 Å². The Kier molecular flexibility index (Phi) is 2.12. The average molecular weight is 187 g/mol. The summed E-state index contributed by atoms with van der Waals surface area (Å²) in [6.45, 7) is 3.45. The molecule has 2 nitrogen and oxygen atoms in total. The van der Waals surface area contributed by atoms with Crippen LogP contribution in [-0.2, 0) is 10.3 Å². The minimum absolute atomic E-state index is 0.0913. The molecule has 2 heteroatoms. The molecular formula is C12H13NO. The van der Waals surface area contributed by atoms with Crippen LogP contribution in [0.2, 0.25) is 0 Å². The molecular weight excluding hydrogens is 174 g/mol. The molecule has 0 atom stereocenters. The Bertz CT molecular complexity index is 352. The summed E-state index contributed by atoms with van der Waals surface area (Å²) >= 11 is 0. The van der Waals surface area contributed by atoms with Crippen molar-refractivity contribution in [3.63, 3.8) is 0 Å². The molecule has 0 radical (unpaired) electrons. The van der Waals surface area contributed by atoms with Crippen molar-refractivity contribution in [1.82, 2.24) is 5.32 Å². The van der Waals surface area contributed by atoms with Gasteiger partial charge in [0.2, 0.25) is 5.91 Å². The average Bonchev–Trinajstić information content (AvgIpc) is 3.00. The second-order valence-corrected chi connectivity index (χ2v) is 3.64. The topological polar surface area (TPSA) is 29.1 Å². The SMILES string of the molecule is C=CC(=O)NC1(c2ccccc2)CC1. The van der Waals surface area contributed by atoms with E-state index < -0.39 is 0 Å². The molecule has 1 aromatic carbocycles. The molecule has 1 aromatic rings. The van der Waals surface area contributed by atoms with Crippen molar-refractivity contribution in [3.8, 4) is 0 Å². The van der Waals surface area contributed by atoms with E-state index in [1.807, 2.05) is 18.2 Å². The normalized spacial score (nSPS) is 17.1. The number of benzene rings is 1. The molecule has 2 rings (SSSR count). The van der Waals surface area contributed by atoms with Gasteiger partial charge in [0.15, 0.2) is 0 Å². The Morgan fingerprint density at radius 2 is 2.00 bits per heavy atom. The maximum absolute atomic E-state index is 11.2. The van der Waals surface area contributed by atoms with Gasteiger partial charge < -0.3 is 5.32 Å². The zero-order valence-electron chi connectivity index (χ0n) is 7.99. The monoisotopic (exact) mass is 187 g/mol. The number of rotatable bonds is 3. The molecule has 1 saturated carbocycles. The van der Waals surface area contributed by atoms with Gasteiger partial charge in [0.25, 0.3) is 0 Å². The number of carbonyl (C=O) groups is 1.